The van der Waals surface area contributed by atoms with E-state index in [2.05, 4.69) is 45.9 Å². The standard InChI is InChI=1S/C18H26O2Si/c1-6-21(7-2,8-3)18-13-17(20-14(18)4)15-9-11-16(19-5)12-10-15/h9-13H,6-8H2,1-5H3. The van der Waals surface area contributed by atoms with Crippen LogP contribution in [0.25, 0.3) is 11.3 Å². The Bertz CT molecular complexity index is 572. The molecule has 0 spiro atoms. The first-order chi connectivity index (χ1) is 10.1. The second-order valence-electron chi connectivity index (χ2n) is 5.65. The molecule has 2 aromatic rings. The maximum atomic E-state index is 6.08. The molecule has 0 amide bonds. The van der Waals surface area contributed by atoms with Crippen molar-refractivity contribution >= 4 is 13.3 Å². The van der Waals surface area contributed by atoms with Gasteiger partial charge in [-0.2, -0.15) is 0 Å². The van der Waals surface area contributed by atoms with Gasteiger partial charge >= 0.3 is 0 Å². The number of hydrogen-bond acceptors (Lipinski definition) is 2. The zero-order valence-electron chi connectivity index (χ0n) is 13.8. The van der Waals surface area contributed by atoms with Crippen molar-refractivity contribution < 1.29 is 9.15 Å². The molecule has 2 nitrogen and oxygen atoms in total. The third-order valence-corrected chi connectivity index (χ3v) is 10.6. The van der Waals surface area contributed by atoms with Crippen LogP contribution in [0.5, 0.6) is 5.75 Å². The third kappa shape index (κ3) is 2.93. The number of rotatable bonds is 6. The van der Waals surface area contributed by atoms with E-state index in [1.54, 1.807) is 7.11 Å². The SMILES string of the molecule is CC[Si](CC)(CC)c1cc(-c2ccc(OC)cc2)oc1C. The first kappa shape index (κ1) is 15.9. The highest BCUT2D eigenvalue weighted by molar-refractivity contribution is 6.92. The van der Waals surface area contributed by atoms with Crippen molar-refractivity contribution in [1.29, 1.82) is 0 Å². The molecule has 1 aromatic heterocycles. The van der Waals surface area contributed by atoms with Gasteiger partial charge in [0.15, 0.2) is 0 Å². The topological polar surface area (TPSA) is 22.4 Å². The lowest BCUT2D eigenvalue weighted by Gasteiger charge is -2.27. The summed E-state index contributed by atoms with van der Waals surface area (Å²) in [5.41, 5.74) is 1.12. The summed E-state index contributed by atoms with van der Waals surface area (Å²) in [6, 6.07) is 14.2. The first-order valence-corrected chi connectivity index (χ1v) is 10.5. The van der Waals surface area contributed by atoms with Crippen molar-refractivity contribution in [2.75, 3.05) is 7.11 Å². The van der Waals surface area contributed by atoms with Gasteiger partial charge in [-0.3, -0.25) is 0 Å². The van der Waals surface area contributed by atoms with Gasteiger partial charge in [-0.15, -0.1) is 0 Å². The van der Waals surface area contributed by atoms with Gasteiger partial charge < -0.3 is 9.15 Å². The van der Waals surface area contributed by atoms with Gasteiger partial charge in [-0.1, -0.05) is 38.9 Å². The summed E-state index contributed by atoms with van der Waals surface area (Å²) >= 11 is 0. The number of hydrogen-bond donors (Lipinski definition) is 0. The summed E-state index contributed by atoms with van der Waals surface area (Å²) in [4.78, 5) is 0. The second kappa shape index (κ2) is 6.52. The summed E-state index contributed by atoms with van der Waals surface area (Å²) < 4.78 is 11.3. The molecule has 0 saturated heterocycles. The summed E-state index contributed by atoms with van der Waals surface area (Å²) in [6.07, 6.45) is 0. The van der Waals surface area contributed by atoms with Crippen LogP contribution in [0, 0.1) is 6.92 Å². The Morgan fingerprint density at radius 1 is 1.00 bits per heavy atom. The molecule has 1 heterocycles. The van der Waals surface area contributed by atoms with Gasteiger partial charge in [-0.05, 0) is 42.4 Å². The van der Waals surface area contributed by atoms with E-state index in [0.29, 0.717) is 0 Å². The Balaban J connectivity index is 2.42. The minimum Gasteiger partial charge on any atom is -0.497 e. The van der Waals surface area contributed by atoms with Crippen molar-refractivity contribution in [2.24, 2.45) is 0 Å². The molecule has 0 aliphatic heterocycles. The largest absolute Gasteiger partial charge is 0.497 e. The monoisotopic (exact) mass is 302 g/mol. The fourth-order valence-corrected chi connectivity index (χ4v) is 7.11. The van der Waals surface area contributed by atoms with Gasteiger partial charge in [0.1, 0.15) is 17.3 Å². The minimum absolute atomic E-state index is 0.877. The molecule has 3 heteroatoms. The molecule has 0 saturated carbocycles. The molecule has 21 heavy (non-hydrogen) atoms. The van der Waals surface area contributed by atoms with E-state index in [0.717, 1.165) is 22.8 Å². The predicted octanol–water partition coefficient (Wildman–Crippen LogP) is 4.98. The van der Waals surface area contributed by atoms with E-state index in [1.165, 1.54) is 23.3 Å². The van der Waals surface area contributed by atoms with E-state index >= 15 is 0 Å². The summed E-state index contributed by atoms with van der Waals surface area (Å²) in [6.45, 7) is 9.11. The molecule has 0 aliphatic rings. The molecular weight excluding hydrogens is 276 g/mol. The van der Waals surface area contributed by atoms with Crippen LogP contribution in [0.2, 0.25) is 18.1 Å². The Hall–Kier alpha value is -1.48. The molecule has 114 valence electrons. The number of furan rings is 1. The van der Waals surface area contributed by atoms with Crippen molar-refractivity contribution in [3.05, 3.63) is 36.1 Å². The zero-order valence-corrected chi connectivity index (χ0v) is 14.8. The second-order valence-corrected chi connectivity index (χ2v) is 10.9. The van der Waals surface area contributed by atoms with Gasteiger partial charge in [0.2, 0.25) is 0 Å². The Morgan fingerprint density at radius 2 is 1.57 bits per heavy atom. The minimum atomic E-state index is -1.39. The smallest absolute Gasteiger partial charge is 0.134 e. The lowest BCUT2D eigenvalue weighted by atomic mass is 10.2. The average molecular weight is 302 g/mol. The molecule has 0 N–H and O–H groups in total. The first-order valence-electron chi connectivity index (χ1n) is 7.85. The number of aryl methyl sites for hydroxylation is 1. The molecule has 0 unspecified atom stereocenters. The molecule has 0 aliphatic carbocycles. The van der Waals surface area contributed by atoms with Crippen molar-refractivity contribution in [1.82, 2.24) is 0 Å². The van der Waals surface area contributed by atoms with Crippen molar-refractivity contribution in [3.8, 4) is 17.1 Å². The van der Waals surface area contributed by atoms with E-state index in [9.17, 15) is 0 Å². The summed E-state index contributed by atoms with van der Waals surface area (Å²) in [5, 5.41) is 1.50. The van der Waals surface area contributed by atoms with E-state index in [1.807, 2.05) is 12.1 Å². The molecule has 0 atom stereocenters. The fraction of sp³-hybridized carbons (Fsp3) is 0.444. The Kier molecular flexibility index (Phi) is 4.94. The summed E-state index contributed by atoms with van der Waals surface area (Å²) in [7, 11) is 0.302. The van der Waals surface area contributed by atoms with Gasteiger partial charge in [0.25, 0.3) is 0 Å². The number of ether oxygens (including phenoxy) is 1. The molecule has 1 aromatic carbocycles. The van der Waals surface area contributed by atoms with Crippen molar-refractivity contribution in [2.45, 2.75) is 45.8 Å². The fourth-order valence-electron chi connectivity index (χ4n) is 3.23. The predicted molar refractivity (Wildman–Crippen MR) is 92.3 cm³/mol. The maximum Gasteiger partial charge on any atom is 0.134 e. The van der Waals surface area contributed by atoms with E-state index in [-0.39, 0.29) is 0 Å². The van der Waals surface area contributed by atoms with Gasteiger partial charge in [-0.25, -0.2) is 0 Å². The number of benzene rings is 1. The highest BCUT2D eigenvalue weighted by Crippen LogP contribution is 2.28. The van der Waals surface area contributed by atoms with Crippen LogP contribution in [0.1, 0.15) is 26.5 Å². The van der Waals surface area contributed by atoms with Crippen LogP contribution >= 0.6 is 0 Å². The highest BCUT2D eigenvalue weighted by atomic mass is 28.3. The molecule has 0 radical (unpaired) electrons. The Labute approximate surface area is 129 Å². The molecular formula is C18H26O2Si. The van der Waals surface area contributed by atoms with Gasteiger partial charge in [0, 0.05) is 5.56 Å². The lowest BCUT2D eigenvalue weighted by molar-refractivity contribution is 0.415. The van der Waals surface area contributed by atoms with Gasteiger partial charge in [0.05, 0.1) is 15.2 Å². The van der Waals surface area contributed by atoms with Crippen LogP contribution in [0.4, 0.5) is 0 Å². The Morgan fingerprint density at radius 3 is 2.05 bits per heavy atom. The summed E-state index contributed by atoms with van der Waals surface area (Å²) in [5.74, 6) is 2.97. The lowest BCUT2D eigenvalue weighted by Crippen LogP contribution is -2.46. The van der Waals surface area contributed by atoms with Crippen LogP contribution in [0.15, 0.2) is 34.7 Å². The molecule has 2 rings (SSSR count). The molecule has 0 fully saturated rings. The van der Waals surface area contributed by atoms with E-state index < -0.39 is 8.07 Å². The normalized spacial score (nSPS) is 11.7. The van der Waals surface area contributed by atoms with Crippen LogP contribution in [-0.2, 0) is 0 Å². The quantitative estimate of drug-likeness (QED) is 0.702. The van der Waals surface area contributed by atoms with Crippen LogP contribution in [-0.4, -0.2) is 15.2 Å². The maximum absolute atomic E-state index is 6.08. The third-order valence-electron chi connectivity index (χ3n) is 4.89. The van der Waals surface area contributed by atoms with Crippen molar-refractivity contribution in [3.63, 3.8) is 0 Å². The highest BCUT2D eigenvalue weighted by Gasteiger charge is 2.33. The average Bonchev–Trinajstić information content (AvgIpc) is 2.92. The van der Waals surface area contributed by atoms with Crippen LogP contribution in [0.3, 0.4) is 0 Å². The zero-order chi connectivity index (χ0) is 15.5. The number of methoxy groups -OCH3 is 1. The van der Waals surface area contributed by atoms with E-state index in [4.69, 9.17) is 9.15 Å². The van der Waals surface area contributed by atoms with Crippen LogP contribution < -0.4 is 9.92 Å². The molecule has 0 bridgehead atoms.